The van der Waals surface area contributed by atoms with Crippen LogP contribution >= 0.6 is 0 Å². The van der Waals surface area contributed by atoms with Crippen molar-refractivity contribution in [2.45, 2.75) is 20.3 Å². The number of H-pyrrole nitrogens is 1. The van der Waals surface area contributed by atoms with Crippen molar-refractivity contribution in [2.24, 2.45) is 0 Å². The number of carbonyl (C=O) groups is 1. The van der Waals surface area contributed by atoms with Crippen LogP contribution in [-0.4, -0.2) is 45.8 Å². The fourth-order valence-corrected chi connectivity index (χ4v) is 1.65. The number of hydrogen-bond acceptors (Lipinski definition) is 7. The summed E-state index contributed by atoms with van der Waals surface area (Å²) in [6.45, 7) is 5.01. The summed E-state index contributed by atoms with van der Waals surface area (Å²) in [5.74, 6) is 0.719. The molecule has 20 heavy (non-hydrogen) atoms. The molecule has 0 saturated heterocycles. The minimum atomic E-state index is -0.328. The van der Waals surface area contributed by atoms with E-state index < -0.39 is 0 Å². The smallest absolute Gasteiger partial charge is 0.325 e. The highest BCUT2D eigenvalue weighted by molar-refractivity contribution is 5.88. The molecule has 2 aromatic heterocycles. The van der Waals surface area contributed by atoms with Gasteiger partial charge in [0.1, 0.15) is 12.4 Å². The number of anilines is 2. The Kier molecular flexibility index (Phi) is 4.70. The second-order valence-corrected chi connectivity index (χ2v) is 4.11. The van der Waals surface area contributed by atoms with E-state index >= 15 is 0 Å². The van der Waals surface area contributed by atoms with Crippen molar-refractivity contribution in [3.05, 3.63) is 6.20 Å². The molecule has 108 valence electrons. The second-order valence-electron chi connectivity index (χ2n) is 4.11. The number of aromatic nitrogens is 4. The van der Waals surface area contributed by atoms with Crippen molar-refractivity contribution >= 4 is 28.8 Å². The van der Waals surface area contributed by atoms with Crippen LogP contribution in [0.1, 0.15) is 20.3 Å². The molecule has 0 bridgehead atoms. The molecular formula is C12H18N6O2. The zero-order valence-corrected chi connectivity index (χ0v) is 11.6. The topological polar surface area (TPSA) is 105 Å². The van der Waals surface area contributed by atoms with Crippen LogP contribution in [0.2, 0.25) is 0 Å². The number of ether oxygens (including phenoxy) is 1. The van der Waals surface area contributed by atoms with E-state index in [1.54, 1.807) is 13.1 Å². The van der Waals surface area contributed by atoms with E-state index in [1.165, 1.54) is 0 Å². The van der Waals surface area contributed by atoms with Gasteiger partial charge in [0.15, 0.2) is 5.65 Å². The first-order valence-electron chi connectivity index (χ1n) is 6.59. The van der Waals surface area contributed by atoms with Gasteiger partial charge in [-0.15, -0.1) is 0 Å². The average Bonchev–Trinajstić information content (AvgIpc) is 2.91. The number of esters is 1. The van der Waals surface area contributed by atoms with Crippen LogP contribution in [0.3, 0.4) is 0 Å². The molecule has 0 radical (unpaired) electrons. The highest BCUT2D eigenvalue weighted by Gasteiger charge is 2.10. The normalized spacial score (nSPS) is 10.5. The van der Waals surface area contributed by atoms with Gasteiger partial charge in [-0.1, -0.05) is 6.92 Å². The Bertz CT molecular complexity index is 582. The monoisotopic (exact) mass is 278 g/mol. The van der Waals surface area contributed by atoms with Gasteiger partial charge in [-0.25, -0.2) is 0 Å². The van der Waals surface area contributed by atoms with Gasteiger partial charge in [0.05, 0.1) is 18.2 Å². The Morgan fingerprint density at radius 1 is 1.35 bits per heavy atom. The number of fused-ring (bicyclic) bond motifs is 1. The standard InChI is InChI=1S/C12H18N6O2/c1-3-5-13-12-16-10(14-7-9(19)20-4-2)8-6-15-18-11(8)17-12/h6H,3-5,7H2,1-2H3,(H3,13,14,15,16,17,18). The van der Waals surface area contributed by atoms with Gasteiger partial charge in [0.25, 0.3) is 0 Å². The van der Waals surface area contributed by atoms with Gasteiger partial charge in [0.2, 0.25) is 5.95 Å². The van der Waals surface area contributed by atoms with Crippen molar-refractivity contribution in [3.8, 4) is 0 Å². The average molecular weight is 278 g/mol. The molecule has 2 rings (SSSR count). The summed E-state index contributed by atoms with van der Waals surface area (Å²) in [6.07, 6.45) is 2.59. The van der Waals surface area contributed by atoms with Crippen molar-refractivity contribution in [1.29, 1.82) is 0 Å². The second kappa shape index (κ2) is 6.69. The van der Waals surface area contributed by atoms with Crippen LogP contribution in [0.5, 0.6) is 0 Å². The number of nitrogens with one attached hydrogen (secondary N) is 3. The number of rotatable bonds is 7. The van der Waals surface area contributed by atoms with Crippen molar-refractivity contribution in [3.63, 3.8) is 0 Å². The molecule has 0 amide bonds. The lowest BCUT2D eigenvalue weighted by atomic mass is 10.4. The highest BCUT2D eigenvalue weighted by Crippen LogP contribution is 2.19. The van der Waals surface area contributed by atoms with E-state index in [1.807, 2.05) is 0 Å². The Labute approximate surface area is 116 Å². The summed E-state index contributed by atoms with van der Waals surface area (Å²) in [7, 11) is 0. The van der Waals surface area contributed by atoms with Crippen LogP contribution in [0.15, 0.2) is 6.20 Å². The quantitative estimate of drug-likeness (QED) is 0.652. The zero-order valence-electron chi connectivity index (χ0n) is 11.6. The summed E-state index contributed by atoms with van der Waals surface area (Å²) in [5.41, 5.74) is 0.616. The fourth-order valence-electron chi connectivity index (χ4n) is 1.65. The first kappa shape index (κ1) is 14.0. The first-order chi connectivity index (χ1) is 9.74. The number of carbonyl (C=O) groups excluding carboxylic acids is 1. The molecular weight excluding hydrogens is 260 g/mol. The predicted octanol–water partition coefficient (Wildman–Crippen LogP) is 1.15. The van der Waals surface area contributed by atoms with Gasteiger partial charge < -0.3 is 15.4 Å². The lowest BCUT2D eigenvalue weighted by molar-refractivity contribution is -0.140. The minimum absolute atomic E-state index is 0.0539. The van der Waals surface area contributed by atoms with E-state index in [2.05, 4.69) is 37.7 Å². The molecule has 0 saturated carbocycles. The number of aromatic amines is 1. The summed E-state index contributed by atoms with van der Waals surface area (Å²) < 4.78 is 4.87. The van der Waals surface area contributed by atoms with Crippen LogP contribution < -0.4 is 10.6 Å². The molecule has 0 aliphatic rings. The van der Waals surface area contributed by atoms with Crippen LogP contribution in [-0.2, 0) is 9.53 Å². The van der Waals surface area contributed by atoms with Gasteiger partial charge in [-0.2, -0.15) is 15.1 Å². The summed E-state index contributed by atoms with van der Waals surface area (Å²) in [4.78, 5) is 20.0. The molecule has 0 unspecified atom stereocenters. The summed E-state index contributed by atoms with van der Waals surface area (Å²) in [6, 6.07) is 0. The van der Waals surface area contributed by atoms with E-state index in [0.717, 1.165) is 18.4 Å². The maximum atomic E-state index is 11.4. The van der Waals surface area contributed by atoms with Gasteiger partial charge in [-0.3, -0.25) is 9.89 Å². The maximum Gasteiger partial charge on any atom is 0.325 e. The Hall–Kier alpha value is -2.38. The molecule has 3 N–H and O–H groups in total. The maximum absolute atomic E-state index is 11.4. The third kappa shape index (κ3) is 3.34. The first-order valence-corrected chi connectivity index (χ1v) is 6.59. The summed E-state index contributed by atoms with van der Waals surface area (Å²) in [5, 5.41) is 13.5. The van der Waals surface area contributed by atoms with E-state index in [9.17, 15) is 4.79 Å². The molecule has 0 fully saturated rings. The Morgan fingerprint density at radius 3 is 2.95 bits per heavy atom. The number of nitrogens with zero attached hydrogens (tertiary/aromatic N) is 3. The van der Waals surface area contributed by atoms with Crippen molar-refractivity contribution in [1.82, 2.24) is 20.2 Å². The highest BCUT2D eigenvalue weighted by atomic mass is 16.5. The van der Waals surface area contributed by atoms with Crippen LogP contribution in [0.4, 0.5) is 11.8 Å². The van der Waals surface area contributed by atoms with Crippen LogP contribution in [0.25, 0.3) is 11.0 Å². The largest absolute Gasteiger partial charge is 0.465 e. The molecule has 8 nitrogen and oxygen atoms in total. The fraction of sp³-hybridized carbons (Fsp3) is 0.500. The lowest BCUT2D eigenvalue weighted by Gasteiger charge is -2.08. The zero-order chi connectivity index (χ0) is 14.4. The van der Waals surface area contributed by atoms with Gasteiger partial charge in [-0.05, 0) is 13.3 Å². The molecule has 0 atom stereocenters. The predicted molar refractivity (Wildman–Crippen MR) is 75.6 cm³/mol. The molecule has 8 heteroatoms. The molecule has 0 aliphatic heterocycles. The summed E-state index contributed by atoms with van der Waals surface area (Å²) >= 11 is 0. The third-order valence-corrected chi connectivity index (χ3v) is 2.55. The van der Waals surface area contributed by atoms with Gasteiger partial charge in [0, 0.05) is 6.54 Å². The molecule has 0 aromatic carbocycles. The van der Waals surface area contributed by atoms with Gasteiger partial charge >= 0.3 is 5.97 Å². The Morgan fingerprint density at radius 2 is 2.20 bits per heavy atom. The molecule has 2 aromatic rings. The minimum Gasteiger partial charge on any atom is -0.465 e. The van der Waals surface area contributed by atoms with Crippen molar-refractivity contribution in [2.75, 3.05) is 30.3 Å². The van der Waals surface area contributed by atoms with E-state index in [-0.39, 0.29) is 12.5 Å². The molecule has 2 heterocycles. The van der Waals surface area contributed by atoms with Crippen molar-refractivity contribution < 1.29 is 9.53 Å². The Balaban J connectivity index is 2.16. The SMILES string of the molecule is CCCNc1nc(NCC(=O)OCC)c2cn[nH]c2n1. The van der Waals surface area contributed by atoms with Crippen LogP contribution in [0, 0.1) is 0 Å². The number of hydrogen-bond donors (Lipinski definition) is 3. The lowest BCUT2D eigenvalue weighted by Crippen LogP contribution is -2.18. The molecule has 0 spiro atoms. The van der Waals surface area contributed by atoms with E-state index in [0.29, 0.717) is 24.0 Å². The third-order valence-electron chi connectivity index (χ3n) is 2.55. The molecule has 0 aliphatic carbocycles. The van der Waals surface area contributed by atoms with E-state index in [4.69, 9.17) is 4.74 Å².